The Kier molecular flexibility index (Phi) is 3.69. The summed E-state index contributed by atoms with van der Waals surface area (Å²) in [4.78, 5) is 26.8. The first-order chi connectivity index (χ1) is 13.7. The fraction of sp³-hybridized carbons (Fsp3) is 0.0455. The highest BCUT2D eigenvalue weighted by atomic mass is 16.2. The Morgan fingerprint density at radius 2 is 1.36 bits per heavy atom. The standard InChI is InChI=1S/C22H16N4O2/c27-21-18-10-4-5-11-19(18)22(28)25(21)15-16-14-23-26(17-8-2-1-3-9-17)20(16)24-12-6-7-13-24/h1-14H,15H2. The molecule has 3 heterocycles. The van der Waals surface area contributed by atoms with Crippen molar-refractivity contribution in [3.05, 3.63) is 102 Å². The van der Waals surface area contributed by atoms with Gasteiger partial charge in [0.15, 0.2) is 0 Å². The monoisotopic (exact) mass is 368 g/mol. The second kappa shape index (κ2) is 6.35. The molecule has 0 N–H and O–H groups in total. The number of hydrogen-bond acceptors (Lipinski definition) is 3. The molecule has 6 nitrogen and oxygen atoms in total. The van der Waals surface area contributed by atoms with E-state index in [1.165, 1.54) is 4.90 Å². The van der Waals surface area contributed by atoms with Crippen LogP contribution in [0.25, 0.3) is 11.5 Å². The number of amides is 2. The van der Waals surface area contributed by atoms with Gasteiger partial charge in [-0.2, -0.15) is 5.10 Å². The van der Waals surface area contributed by atoms with Crippen LogP contribution in [0, 0.1) is 0 Å². The lowest BCUT2D eigenvalue weighted by Gasteiger charge is -2.15. The second-order valence-electron chi connectivity index (χ2n) is 6.57. The summed E-state index contributed by atoms with van der Waals surface area (Å²) in [6, 6.07) is 20.5. The van der Waals surface area contributed by atoms with Crippen LogP contribution in [-0.2, 0) is 6.54 Å². The van der Waals surface area contributed by atoms with E-state index in [1.54, 1.807) is 30.5 Å². The molecule has 4 aromatic rings. The lowest BCUT2D eigenvalue weighted by Crippen LogP contribution is -2.29. The normalized spacial score (nSPS) is 13.2. The number of rotatable bonds is 4. The van der Waals surface area contributed by atoms with Gasteiger partial charge >= 0.3 is 0 Å². The van der Waals surface area contributed by atoms with Crippen molar-refractivity contribution in [3.8, 4) is 11.5 Å². The minimum Gasteiger partial charge on any atom is -0.308 e. The van der Waals surface area contributed by atoms with Crippen molar-refractivity contribution < 1.29 is 9.59 Å². The summed E-state index contributed by atoms with van der Waals surface area (Å²) in [5, 5.41) is 4.53. The van der Waals surface area contributed by atoms with E-state index in [9.17, 15) is 9.59 Å². The SMILES string of the molecule is O=C1c2ccccc2C(=O)N1Cc1cnn(-c2ccccc2)c1-n1cccc1. The number of para-hydroxylation sites is 1. The van der Waals surface area contributed by atoms with E-state index in [4.69, 9.17) is 0 Å². The van der Waals surface area contributed by atoms with Crippen LogP contribution in [0.15, 0.2) is 85.3 Å². The molecule has 0 bridgehead atoms. The molecule has 0 saturated heterocycles. The first-order valence-electron chi connectivity index (χ1n) is 8.95. The molecule has 0 fully saturated rings. The highest BCUT2D eigenvalue weighted by Gasteiger charge is 2.36. The molecule has 5 rings (SSSR count). The molecule has 0 aliphatic carbocycles. The molecule has 2 aromatic heterocycles. The topological polar surface area (TPSA) is 60.1 Å². The minimum absolute atomic E-state index is 0.159. The van der Waals surface area contributed by atoms with Gasteiger partial charge in [-0.3, -0.25) is 14.5 Å². The van der Waals surface area contributed by atoms with E-state index in [2.05, 4.69) is 5.10 Å². The largest absolute Gasteiger partial charge is 0.308 e. The predicted octanol–water partition coefficient (Wildman–Crippen LogP) is 3.46. The van der Waals surface area contributed by atoms with Crippen molar-refractivity contribution in [2.75, 3.05) is 0 Å². The van der Waals surface area contributed by atoms with Gasteiger partial charge in [0.2, 0.25) is 0 Å². The minimum atomic E-state index is -0.272. The molecule has 2 amide bonds. The third kappa shape index (κ3) is 2.46. The molecular formula is C22H16N4O2. The highest BCUT2D eigenvalue weighted by Crippen LogP contribution is 2.27. The van der Waals surface area contributed by atoms with Crippen LogP contribution >= 0.6 is 0 Å². The van der Waals surface area contributed by atoms with Gasteiger partial charge in [-0.05, 0) is 36.4 Å². The quantitative estimate of drug-likeness (QED) is 0.518. The summed E-state index contributed by atoms with van der Waals surface area (Å²) in [5.74, 6) is 0.255. The van der Waals surface area contributed by atoms with Crippen molar-refractivity contribution in [1.29, 1.82) is 0 Å². The smallest absolute Gasteiger partial charge is 0.261 e. The van der Waals surface area contributed by atoms with Gasteiger partial charge in [0.05, 0.1) is 29.6 Å². The van der Waals surface area contributed by atoms with Crippen molar-refractivity contribution in [3.63, 3.8) is 0 Å². The van der Waals surface area contributed by atoms with Crippen LogP contribution in [0.2, 0.25) is 0 Å². The molecule has 0 spiro atoms. The number of aromatic nitrogens is 3. The molecule has 0 unspecified atom stereocenters. The molecule has 136 valence electrons. The van der Waals surface area contributed by atoms with Crippen LogP contribution in [0.4, 0.5) is 0 Å². The molecule has 1 aliphatic heterocycles. The molecule has 1 aliphatic rings. The Bertz CT molecular complexity index is 1140. The number of nitrogens with zero attached hydrogens (tertiary/aromatic N) is 4. The zero-order chi connectivity index (χ0) is 19.1. The van der Waals surface area contributed by atoms with Crippen LogP contribution in [-0.4, -0.2) is 31.1 Å². The summed E-state index contributed by atoms with van der Waals surface area (Å²) in [6.07, 6.45) is 5.55. The summed E-state index contributed by atoms with van der Waals surface area (Å²) >= 11 is 0. The fourth-order valence-electron chi connectivity index (χ4n) is 3.55. The summed E-state index contributed by atoms with van der Waals surface area (Å²) in [5.41, 5.74) is 2.59. The number of fused-ring (bicyclic) bond motifs is 1. The molecule has 28 heavy (non-hydrogen) atoms. The Balaban J connectivity index is 1.58. The number of hydrogen-bond donors (Lipinski definition) is 0. The maximum atomic E-state index is 12.8. The van der Waals surface area contributed by atoms with Crippen LogP contribution in [0.5, 0.6) is 0 Å². The van der Waals surface area contributed by atoms with Gasteiger partial charge in [0.1, 0.15) is 5.82 Å². The summed E-state index contributed by atoms with van der Waals surface area (Å²) < 4.78 is 3.75. The summed E-state index contributed by atoms with van der Waals surface area (Å²) in [7, 11) is 0. The Morgan fingerprint density at radius 3 is 2.00 bits per heavy atom. The molecule has 0 saturated carbocycles. The van der Waals surface area contributed by atoms with Gasteiger partial charge in [0.25, 0.3) is 11.8 Å². The molecule has 0 radical (unpaired) electrons. The van der Waals surface area contributed by atoms with Crippen molar-refractivity contribution in [2.45, 2.75) is 6.54 Å². The Labute approximate surface area is 161 Å². The third-order valence-electron chi connectivity index (χ3n) is 4.87. The first kappa shape index (κ1) is 16.3. The van der Waals surface area contributed by atoms with Crippen LogP contribution in [0.1, 0.15) is 26.3 Å². The van der Waals surface area contributed by atoms with E-state index in [-0.39, 0.29) is 18.4 Å². The lowest BCUT2D eigenvalue weighted by atomic mass is 10.1. The fourth-order valence-corrected chi connectivity index (χ4v) is 3.55. The molecule has 6 heteroatoms. The van der Waals surface area contributed by atoms with Crippen molar-refractivity contribution in [2.24, 2.45) is 0 Å². The van der Waals surface area contributed by atoms with E-state index in [1.807, 2.05) is 64.1 Å². The zero-order valence-electron chi connectivity index (χ0n) is 14.9. The van der Waals surface area contributed by atoms with Gasteiger partial charge in [-0.15, -0.1) is 0 Å². The van der Waals surface area contributed by atoms with Gasteiger partial charge < -0.3 is 4.57 Å². The van der Waals surface area contributed by atoms with E-state index >= 15 is 0 Å². The van der Waals surface area contributed by atoms with E-state index in [0.717, 1.165) is 17.1 Å². The van der Waals surface area contributed by atoms with Gasteiger partial charge in [-0.1, -0.05) is 30.3 Å². The predicted molar refractivity (Wildman–Crippen MR) is 104 cm³/mol. The average Bonchev–Trinajstić information content (AvgIpc) is 3.45. The Hall–Kier alpha value is -3.93. The number of carbonyl (C=O) groups excluding carboxylic acids is 2. The zero-order valence-corrected chi connectivity index (χ0v) is 14.9. The maximum Gasteiger partial charge on any atom is 0.261 e. The van der Waals surface area contributed by atoms with Crippen molar-refractivity contribution in [1.82, 2.24) is 19.2 Å². The van der Waals surface area contributed by atoms with E-state index < -0.39 is 0 Å². The van der Waals surface area contributed by atoms with Crippen LogP contribution < -0.4 is 0 Å². The van der Waals surface area contributed by atoms with Gasteiger partial charge in [-0.25, -0.2) is 4.68 Å². The Morgan fingerprint density at radius 1 is 0.750 bits per heavy atom. The number of carbonyl (C=O) groups is 2. The molecule has 0 atom stereocenters. The molecular weight excluding hydrogens is 352 g/mol. The maximum absolute atomic E-state index is 12.8. The average molecular weight is 368 g/mol. The van der Waals surface area contributed by atoms with Crippen LogP contribution in [0.3, 0.4) is 0 Å². The summed E-state index contributed by atoms with van der Waals surface area (Å²) in [6.45, 7) is 0.159. The first-order valence-corrected chi connectivity index (χ1v) is 8.95. The second-order valence-corrected chi connectivity index (χ2v) is 6.57. The third-order valence-corrected chi connectivity index (χ3v) is 4.87. The molecule has 2 aromatic carbocycles. The highest BCUT2D eigenvalue weighted by molar-refractivity contribution is 6.21. The lowest BCUT2D eigenvalue weighted by molar-refractivity contribution is 0.0642. The number of benzene rings is 2. The number of imide groups is 1. The van der Waals surface area contributed by atoms with E-state index in [0.29, 0.717) is 11.1 Å². The van der Waals surface area contributed by atoms with Crippen molar-refractivity contribution >= 4 is 11.8 Å². The van der Waals surface area contributed by atoms with Gasteiger partial charge in [0, 0.05) is 18.0 Å².